The number of likely N-dealkylation sites (N-methyl/N-ethyl adjacent to an activating group) is 1. The summed E-state index contributed by atoms with van der Waals surface area (Å²) >= 11 is 0. The van der Waals surface area contributed by atoms with E-state index in [0.29, 0.717) is 29.3 Å². The van der Waals surface area contributed by atoms with Gasteiger partial charge in [-0.1, -0.05) is 24.8 Å². The highest BCUT2D eigenvalue weighted by Crippen LogP contribution is 2.64. The number of ether oxygens (including phenoxy) is 4. The first kappa shape index (κ1) is 25.1. The molecule has 6 atom stereocenters. The molecular weight excluding hydrogens is 490 g/mol. The molecule has 39 heavy (non-hydrogen) atoms. The zero-order chi connectivity index (χ0) is 26.9. The van der Waals surface area contributed by atoms with E-state index in [-0.39, 0.29) is 18.2 Å². The first-order valence-corrected chi connectivity index (χ1v) is 14.5. The van der Waals surface area contributed by atoms with Crippen molar-refractivity contribution < 1.29 is 24.1 Å². The summed E-state index contributed by atoms with van der Waals surface area (Å²) in [6.07, 6.45) is 7.03. The highest BCUT2D eigenvalue weighted by Gasteiger charge is 2.61. The molecular formula is C33H39NO5. The summed E-state index contributed by atoms with van der Waals surface area (Å²) in [6.45, 7) is 3.41. The van der Waals surface area contributed by atoms with E-state index in [9.17, 15) is 5.11 Å². The minimum absolute atomic E-state index is 0.169. The molecule has 6 heteroatoms. The predicted octanol–water partition coefficient (Wildman–Crippen LogP) is 5.25. The summed E-state index contributed by atoms with van der Waals surface area (Å²) in [6, 6.07) is 8.56. The molecule has 2 aromatic carbocycles. The lowest BCUT2D eigenvalue weighted by Crippen LogP contribution is -2.50. The van der Waals surface area contributed by atoms with E-state index >= 15 is 0 Å². The van der Waals surface area contributed by atoms with Crippen LogP contribution in [0.25, 0.3) is 0 Å². The van der Waals surface area contributed by atoms with Gasteiger partial charge in [-0.15, -0.1) is 0 Å². The summed E-state index contributed by atoms with van der Waals surface area (Å²) in [5, 5.41) is 12.3. The molecule has 2 fully saturated rings. The number of nitrogens with zero attached hydrogens (tertiary/aromatic N) is 1. The maximum Gasteiger partial charge on any atom is 0.231 e. The van der Waals surface area contributed by atoms with Crippen molar-refractivity contribution >= 4 is 0 Å². The van der Waals surface area contributed by atoms with E-state index < -0.39 is 5.60 Å². The van der Waals surface area contributed by atoms with Gasteiger partial charge in [-0.3, -0.25) is 4.90 Å². The summed E-state index contributed by atoms with van der Waals surface area (Å²) in [7, 11) is 5.53. The van der Waals surface area contributed by atoms with Crippen LogP contribution in [-0.4, -0.2) is 50.2 Å². The second kappa shape index (κ2) is 9.08. The summed E-state index contributed by atoms with van der Waals surface area (Å²) in [4.78, 5) is 2.27. The molecule has 6 nitrogen and oxygen atoms in total. The lowest BCUT2D eigenvalue weighted by molar-refractivity contribution is -0.0649. The van der Waals surface area contributed by atoms with Crippen LogP contribution in [0.15, 0.2) is 24.3 Å². The van der Waals surface area contributed by atoms with Crippen molar-refractivity contribution in [3.63, 3.8) is 0 Å². The average Bonchev–Trinajstić information content (AvgIpc) is 3.52. The molecule has 0 spiro atoms. The third kappa shape index (κ3) is 3.62. The molecule has 0 radical (unpaired) electrons. The van der Waals surface area contributed by atoms with Gasteiger partial charge < -0.3 is 24.1 Å². The Kier molecular flexibility index (Phi) is 5.84. The Morgan fingerprint density at radius 1 is 1.03 bits per heavy atom. The minimum atomic E-state index is -0.995. The van der Waals surface area contributed by atoms with Gasteiger partial charge >= 0.3 is 0 Å². The van der Waals surface area contributed by atoms with Gasteiger partial charge in [-0.25, -0.2) is 0 Å². The van der Waals surface area contributed by atoms with Gasteiger partial charge in [-0.2, -0.15) is 0 Å². The van der Waals surface area contributed by atoms with Gasteiger partial charge in [0.2, 0.25) is 12.5 Å². The number of aliphatic hydroxyl groups is 1. The molecule has 0 unspecified atom stereocenters. The fourth-order valence-corrected chi connectivity index (χ4v) is 8.71. The van der Waals surface area contributed by atoms with Crippen LogP contribution in [0.5, 0.6) is 23.0 Å². The molecule has 0 bridgehead atoms. The molecule has 0 aromatic heterocycles. The largest absolute Gasteiger partial charge is 0.497 e. The molecule has 7 rings (SSSR count). The number of rotatable bonds is 2. The van der Waals surface area contributed by atoms with Gasteiger partial charge in [0, 0.05) is 17.5 Å². The lowest BCUT2D eigenvalue weighted by Gasteiger charge is -2.52. The molecule has 0 amide bonds. The lowest BCUT2D eigenvalue weighted by atomic mass is 9.53. The molecule has 2 aromatic rings. The van der Waals surface area contributed by atoms with E-state index in [2.05, 4.69) is 55.0 Å². The van der Waals surface area contributed by atoms with E-state index in [0.717, 1.165) is 62.1 Å². The number of aryl methyl sites for hydroxylation is 1. The van der Waals surface area contributed by atoms with Crippen LogP contribution in [0.3, 0.4) is 0 Å². The van der Waals surface area contributed by atoms with Crippen molar-refractivity contribution in [2.45, 2.75) is 69.4 Å². The Hall–Kier alpha value is -2.88. The zero-order valence-corrected chi connectivity index (χ0v) is 23.5. The van der Waals surface area contributed by atoms with E-state index in [1.807, 2.05) is 0 Å². The fraction of sp³-hybridized carbons (Fsp3) is 0.576. The Morgan fingerprint density at radius 3 is 2.72 bits per heavy atom. The first-order chi connectivity index (χ1) is 18.9. The number of hydrogen-bond acceptors (Lipinski definition) is 6. The maximum atomic E-state index is 12.3. The van der Waals surface area contributed by atoms with Crippen molar-refractivity contribution in [1.82, 2.24) is 4.90 Å². The van der Waals surface area contributed by atoms with Gasteiger partial charge in [0.05, 0.1) is 14.2 Å². The van der Waals surface area contributed by atoms with Crippen LogP contribution in [-0.2, 0) is 12.8 Å². The molecule has 1 N–H and O–H groups in total. The smallest absolute Gasteiger partial charge is 0.231 e. The third-order valence-corrected chi connectivity index (χ3v) is 10.9. The zero-order valence-electron chi connectivity index (χ0n) is 23.5. The monoisotopic (exact) mass is 529 g/mol. The van der Waals surface area contributed by atoms with Gasteiger partial charge in [-0.05, 0) is 105 Å². The van der Waals surface area contributed by atoms with Crippen molar-refractivity contribution in [3.8, 4) is 34.8 Å². The number of benzene rings is 2. The van der Waals surface area contributed by atoms with Crippen molar-refractivity contribution in [1.29, 1.82) is 0 Å². The maximum absolute atomic E-state index is 12.3. The quantitative estimate of drug-likeness (QED) is 0.536. The fourth-order valence-electron chi connectivity index (χ4n) is 8.71. The average molecular weight is 530 g/mol. The Bertz CT molecular complexity index is 1380. The van der Waals surface area contributed by atoms with Crippen LogP contribution in [0.2, 0.25) is 0 Å². The topological polar surface area (TPSA) is 60.4 Å². The molecule has 2 aliphatic heterocycles. The van der Waals surface area contributed by atoms with Crippen LogP contribution in [0.4, 0.5) is 0 Å². The van der Waals surface area contributed by atoms with Crippen molar-refractivity contribution in [2.24, 2.45) is 17.3 Å². The molecule has 3 aliphatic carbocycles. The van der Waals surface area contributed by atoms with Crippen LogP contribution in [0.1, 0.15) is 73.2 Å². The highest BCUT2D eigenvalue weighted by molar-refractivity contribution is 5.63. The van der Waals surface area contributed by atoms with E-state index in [1.165, 1.54) is 23.1 Å². The first-order valence-electron chi connectivity index (χ1n) is 14.5. The number of methoxy groups -OCH3 is 2. The highest BCUT2D eigenvalue weighted by atomic mass is 16.7. The van der Waals surface area contributed by atoms with Crippen LogP contribution in [0, 0.1) is 29.1 Å². The molecule has 2 heterocycles. The van der Waals surface area contributed by atoms with Crippen LogP contribution < -0.4 is 18.9 Å². The SMILES string of the molecule is COc1ccc2c(c1)CC[C@@H]1[C@H]2CC[C@@]2(C)[C@H]1CC[C@]2(O)C#C[C@H]1c2c(cc3c(c2OC)OCO3)CCN1C. The second-order valence-corrected chi connectivity index (χ2v) is 12.5. The molecule has 5 aliphatic rings. The normalized spacial score (nSPS) is 34.2. The Morgan fingerprint density at radius 2 is 1.90 bits per heavy atom. The molecule has 0 saturated heterocycles. The molecule has 2 saturated carbocycles. The van der Waals surface area contributed by atoms with Gasteiger partial charge in [0.15, 0.2) is 11.5 Å². The predicted molar refractivity (Wildman–Crippen MR) is 149 cm³/mol. The summed E-state index contributed by atoms with van der Waals surface area (Å²) < 4.78 is 22.8. The minimum Gasteiger partial charge on any atom is -0.497 e. The third-order valence-electron chi connectivity index (χ3n) is 10.9. The standard InChI is InChI=1S/C33H39NO5/c1-32-13-9-24-23-8-6-22(36-3)17-20(23)5-7-25(24)26(32)10-14-33(32,35)15-11-27-29-21(12-16-34(27)2)18-28-30(31(29)37-4)39-19-38-28/h6,8,17-18,24-27,35H,5,7,9-10,12-14,16,19H2,1-4H3/t24-,25+,26-,27-,32-,33-/m0/s1. The van der Waals surface area contributed by atoms with Crippen molar-refractivity contribution in [3.05, 3.63) is 46.5 Å². The van der Waals surface area contributed by atoms with Gasteiger partial charge in [0.1, 0.15) is 17.4 Å². The van der Waals surface area contributed by atoms with Gasteiger partial charge in [0.25, 0.3) is 0 Å². The van der Waals surface area contributed by atoms with E-state index in [4.69, 9.17) is 18.9 Å². The van der Waals surface area contributed by atoms with E-state index in [1.54, 1.807) is 14.2 Å². The number of fused-ring (bicyclic) bond motifs is 7. The Balaban J connectivity index is 1.21. The molecule has 206 valence electrons. The summed E-state index contributed by atoms with van der Waals surface area (Å²) in [5.74, 6) is 11.8. The Labute approximate surface area is 231 Å². The van der Waals surface area contributed by atoms with Crippen LogP contribution >= 0.6 is 0 Å². The summed E-state index contributed by atoms with van der Waals surface area (Å²) in [5.41, 5.74) is 3.98. The van der Waals surface area contributed by atoms with Crippen molar-refractivity contribution in [2.75, 3.05) is 34.6 Å². The second-order valence-electron chi connectivity index (χ2n) is 12.5. The number of hydrogen-bond donors (Lipinski definition) is 1.